The number of aromatic hydroxyl groups is 1. The van der Waals surface area contributed by atoms with Crippen molar-refractivity contribution in [2.24, 2.45) is 0 Å². The van der Waals surface area contributed by atoms with Gasteiger partial charge in [-0.1, -0.05) is 6.08 Å². The van der Waals surface area contributed by atoms with Crippen LogP contribution in [0.5, 0.6) is 5.75 Å². The number of nitro benzene ring substituents is 1. The molecule has 1 heterocycles. The van der Waals surface area contributed by atoms with Gasteiger partial charge >= 0.3 is 5.69 Å². The van der Waals surface area contributed by atoms with Crippen LogP contribution < -0.4 is 5.32 Å². The molecule has 0 radical (unpaired) electrons. The van der Waals surface area contributed by atoms with Crippen LogP contribution in [0.3, 0.4) is 0 Å². The molecule has 1 atom stereocenters. The lowest BCUT2D eigenvalue weighted by molar-refractivity contribution is -0.386. The molecule has 0 saturated carbocycles. The van der Waals surface area contributed by atoms with Crippen LogP contribution in [-0.4, -0.2) is 41.1 Å². The Kier molecular flexibility index (Phi) is 9.33. The molecule has 1 saturated heterocycles. The monoisotopic (exact) mass is 374 g/mol. The van der Waals surface area contributed by atoms with Gasteiger partial charge in [-0.2, -0.15) is 5.26 Å². The van der Waals surface area contributed by atoms with Gasteiger partial charge in [-0.05, 0) is 12.5 Å². The number of piperazine rings is 1. The van der Waals surface area contributed by atoms with Crippen LogP contribution in [0.25, 0.3) is 0 Å². The summed E-state index contributed by atoms with van der Waals surface area (Å²) in [6.45, 7) is 6.89. The summed E-state index contributed by atoms with van der Waals surface area (Å²) in [5, 5.41) is 33.7. The van der Waals surface area contributed by atoms with Gasteiger partial charge in [0.25, 0.3) is 0 Å². The maximum absolute atomic E-state index is 11.1. The molecule has 24 heavy (non-hydrogen) atoms. The molecule has 0 aromatic heterocycles. The number of nitro groups is 1. The third-order valence-corrected chi connectivity index (χ3v) is 3.79. The zero-order valence-corrected chi connectivity index (χ0v) is 14.6. The molecule has 2 N–H and O–H groups in total. The molecule has 9 heteroatoms. The summed E-state index contributed by atoms with van der Waals surface area (Å²) in [7, 11) is 0. The lowest BCUT2D eigenvalue weighted by atomic mass is 9.97. The van der Waals surface area contributed by atoms with Gasteiger partial charge in [0.05, 0.1) is 16.6 Å². The Balaban J connectivity index is 0.00000264. The summed E-state index contributed by atoms with van der Waals surface area (Å²) in [5.41, 5.74) is 0.148. The number of hydrogen-bond acceptors (Lipinski definition) is 6. The van der Waals surface area contributed by atoms with Crippen molar-refractivity contribution in [3.8, 4) is 11.8 Å². The minimum Gasteiger partial charge on any atom is -0.502 e. The Morgan fingerprint density at radius 3 is 2.58 bits per heavy atom. The largest absolute Gasteiger partial charge is 0.502 e. The van der Waals surface area contributed by atoms with Gasteiger partial charge in [0.1, 0.15) is 0 Å². The van der Waals surface area contributed by atoms with Crippen molar-refractivity contribution in [2.75, 3.05) is 26.2 Å². The molecule has 0 spiro atoms. The van der Waals surface area contributed by atoms with E-state index in [1.807, 2.05) is 6.07 Å². The van der Waals surface area contributed by atoms with Crippen LogP contribution in [0.4, 0.5) is 5.69 Å². The predicted octanol–water partition coefficient (Wildman–Crippen LogP) is 2.54. The lowest BCUT2D eigenvalue weighted by Crippen LogP contribution is -2.45. The third kappa shape index (κ3) is 4.82. The fourth-order valence-corrected chi connectivity index (χ4v) is 2.72. The molecule has 1 aromatic rings. The van der Waals surface area contributed by atoms with Gasteiger partial charge in [0.2, 0.25) is 0 Å². The smallest absolute Gasteiger partial charge is 0.312 e. The van der Waals surface area contributed by atoms with E-state index < -0.39 is 10.6 Å². The van der Waals surface area contributed by atoms with E-state index in [4.69, 9.17) is 5.26 Å². The molecule has 1 aliphatic rings. The molecule has 1 aromatic carbocycles. The summed E-state index contributed by atoms with van der Waals surface area (Å²) in [5.74, 6) is -0.366. The second-order valence-corrected chi connectivity index (χ2v) is 5.13. The average Bonchev–Trinajstić information content (AvgIpc) is 2.53. The van der Waals surface area contributed by atoms with Gasteiger partial charge in [-0.25, -0.2) is 0 Å². The number of phenols is 1. The Morgan fingerprint density at radius 1 is 1.46 bits per heavy atom. The number of rotatable bonds is 5. The number of phenolic OH excluding ortho intramolecular Hbond substituents is 1. The fraction of sp³-hybridized carbons (Fsp3) is 0.400. The second kappa shape index (κ2) is 10.1. The standard InChI is InChI=1S/C15H18N4O3.2ClH/c1-2-3-13(18-6-4-17-5-7-18)12-8-11(10-16)9-14(15(12)20)19(21)22;;/h2,8-9,13,17,20H,1,3-7H2;2*1H/t13-;;/m1../s1. The number of halogens is 2. The maximum Gasteiger partial charge on any atom is 0.312 e. The van der Waals surface area contributed by atoms with E-state index in [-0.39, 0.29) is 42.2 Å². The molecule has 1 aliphatic heterocycles. The number of benzene rings is 1. The molecule has 0 unspecified atom stereocenters. The SMILES string of the molecule is C=CC[C@H](c1cc(C#N)cc([N+](=O)[O-])c1O)N1CCNCC1.Cl.Cl. The average molecular weight is 375 g/mol. The van der Waals surface area contributed by atoms with E-state index in [9.17, 15) is 15.2 Å². The molecule has 0 aliphatic carbocycles. The summed E-state index contributed by atoms with van der Waals surface area (Å²) in [6, 6.07) is 4.31. The summed E-state index contributed by atoms with van der Waals surface area (Å²) in [4.78, 5) is 12.6. The van der Waals surface area contributed by atoms with E-state index >= 15 is 0 Å². The first-order chi connectivity index (χ1) is 10.6. The van der Waals surface area contributed by atoms with Crippen molar-refractivity contribution < 1.29 is 10.0 Å². The van der Waals surface area contributed by atoms with Crippen LogP contribution >= 0.6 is 24.8 Å². The first-order valence-electron chi connectivity index (χ1n) is 7.05. The molecular formula is C15H20Cl2N4O3. The topological polar surface area (TPSA) is 102 Å². The van der Waals surface area contributed by atoms with E-state index in [0.29, 0.717) is 12.0 Å². The van der Waals surface area contributed by atoms with E-state index in [0.717, 1.165) is 32.2 Å². The van der Waals surface area contributed by atoms with Crippen molar-refractivity contribution in [1.29, 1.82) is 5.26 Å². The minimum atomic E-state index is -0.664. The van der Waals surface area contributed by atoms with Crippen LogP contribution in [0.2, 0.25) is 0 Å². The Bertz CT molecular complexity index is 628. The normalized spacial score (nSPS) is 15.3. The predicted molar refractivity (Wildman–Crippen MR) is 96.0 cm³/mol. The molecule has 2 rings (SSSR count). The van der Waals surface area contributed by atoms with E-state index in [1.54, 1.807) is 6.08 Å². The van der Waals surface area contributed by atoms with Crippen molar-refractivity contribution in [3.05, 3.63) is 46.0 Å². The molecular weight excluding hydrogens is 355 g/mol. The Morgan fingerprint density at radius 2 is 2.08 bits per heavy atom. The first kappa shape index (κ1) is 22.1. The number of nitriles is 1. The van der Waals surface area contributed by atoms with Crippen molar-refractivity contribution in [2.45, 2.75) is 12.5 Å². The first-order valence-corrected chi connectivity index (χ1v) is 7.05. The summed E-state index contributed by atoms with van der Waals surface area (Å²) >= 11 is 0. The third-order valence-electron chi connectivity index (χ3n) is 3.79. The van der Waals surface area contributed by atoms with Crippen LogP contribution in [0.1, 0.15) is 23.6 Å². The molecule has 7 nitrogen and oxygen atoms in total. The number of hydrogen-bond donors (Lipinski definition) is 2. The molecule has 1 fully saturated rings. The number of nitrogens with one attached hydrogen (secondary N) is 1. The van der Waals surface area contributed by atoms with E-state index in [1.165, 1.54) is 6.07 Å². The minimum absolute atomic E-state index is 0. The summed E-state index contributed by atoms with van der Waals surface area (Å²) in [6.07, 6.45) is 2.26. The zero-order chi connectivity index (χ0) is 16.1. The van der Waals surface area contributed by atoms with Gasteiger partial charge in [0.15, 0.2) is 5.75 Å². The Labute approximate surface area is 152 Å². The van der Waals surface area contributed by atoms with Gasteiger partial charge < -0.3 is 10.4 Å². The van der Waals surface area contributed by atoms with Crippen molar-refractivity contribution >= 4 is 30.5 Å². The van der Waals surface area contributed by atoms with Gasteiger partial charge in [0, 0.05) is 43.9 Å². The van der Waals surface area contributed by atoms with Crippen molar-refractivity contribution in [3.63, 3.8) is 0 Å². The van der Waals surface area contributed by atoms with Gasteiger partial charge in [-0.15, -0.1) is 31.4 Å². The quantitative estimate of drug-likeness (QED) is 0.466. The molecule has 132 valence electrons. The molecule has 0 bridgehead atoms. The highest BCUT2D eigenvalue weighted by Gasteiger charge is 2.28. The highest BCUT2D eigenvalue weighted by atomic mass is 35.5. The van der Waals surface area contributed by atoms with Crippen LogP contribution in [0, 0.1) is 21.4 Å². The fourth-order valence-electron chi connectivity index (χ4n) is 2.72. The summed E-state index contributed by atoms with van der Waals surface area (Å²) < 4.78 is 0. The van der Waals surface area contributed by atoms with Crippen LogP contribution in [-0.2, 0) is 0 Å². The molecule has 0 amide bonds. The maximum atomic E-state index is 11.1. The Hall–Kier alpha value is -1.85. The highest BCUT2D eigenvalue weighted by Crippen LogP contribution is 2.38. The highest BCUT2D eigenvalue weighted by molar-refractivity contribution is 5.85. The lowest BCUT2D eigenvalue weighted by Gasteiger charge is -2.35. The zero-order valence-electron chi connectivity index (χ0n) is 13.0. The number of nitrogens with zero attached hydrogens (tertiary/aromatic N) is 3. The van der Waals surface area contributed by atoms with Gasteiger partial charge in [-0.3, -0.25) is 15.0 Å². The second-order valence-electron chi connectivity index (χ2n) is 5.13. The van der Waals surface area contributed by atoms with Crippen LogP contribution in [0.15, 0.2) is 24.8 Å². The van der Waals surface area contributed by atoms with E-state index in [2.05, 4.69) is 16.8 Å². The van der Waals surface area contributed by atoms with Crippen molar-refractivity contribution in [1.82, 2.24) is 10.2 Å².